The van der Waals surface area contributed by atoms with Crippen molar-refractivity contribution in [2.75, 3.05) is 26.2 Å². The van der Waals surface area contributed by atoms with Gasteiger partial charge in [-0.2, -0.15) is 9.61 Å². The molecule has 1 unspecified atom stereocenters. The highest BCUT2D eigenvalue weighted by molar-refractivity contribution is 5.73. The van der Waals surface area contributed by atoms with Gasteiger partial charge in [0.15, 0.2) is 11.5 Å². The van der Waals surface area contributed by atoms with E-state index in [4.69, 9.17) is 5.10 Å². The number of nitrogens with zero attached hydrogens (tertiary/aromatic N) is 6. The van der Waals surface area contributed by atoms with Crippen LogP contribution in [0, 0.1) is 0 Å². The second kappa shape index (κ2) is 6.86. The number of aromatic nitrogens is 4. The summed E-state index contributed by atoms with van der Waals surface area (Å²) in [6, 6.07) is 2.58. The summed E-state index contributed by atoms with van der Waals surface area (Å²) in [6.07, 6.45) is 7.87. The number of likely N-dealkylation sites (tertiary alicyclic amines) is 2. The van der Waals surface area contributed by atoms with Crippen LogP contribution in [0.25, 0.3) is 5.65 Å². The molecule has 1 atom stereocenters. The molecule has 2 aromatic heterocycles. The zero-order valence-electron chi connectivity index (χ0n) is 16.1. The normalized spacial score (nSPS) is 24.0. The Morgan fingerprint density at radius 3 is 2.78 bits per heavy atom. The van der Waals surface area contributed by atoms with Gasteiger partial charge in [-0.15, -0.1) is 10.2 Å². The molecule has 0 aromatic carbocycles. The molecule has 0 radical (unpaired) electrons. The quantitative estimate of drug-likeness (QED) is 0.827. The summed E-state index contributed by atoms with van der Waals surface area (Å²) in [4.78, 5) is 16.4. The number of hydrogen-bond donors (Lipinski definition) is 0. The lowest BCUT2D eigenvalue weighted by Gasteiger charge is -2.35. The number of aryl methyl sites for hydroxylation is 2. The number of rotatable bonds is 3. The zero-order valence-corrected chi connectivity index (χ0v) is 16.1. The smallest absolute Gasteiger partial charge is 0.219 e. The standard InChI is InChI=1S/C20H28N6O/c1-14(27)25-9-3-5-17(25)13-24-10-7-15(8-11-24)20-22-21-19-12-16-4-2-6-18(16)23-26(19)20/h12,15,17H,2-11,13H2,1H3. The average Bonchev–Trinajstić information content (AvgIpc) is 3.39. The molecule has 5 rings (SSSR count). The first-order valence-corrected chi connectivity index (χ1v) is 10.4. The van der Waals surface area contributed by atoms with Crippen LogP contribution in [0.5, 0.6) is 0 Å². The fourth-order valence-corrected chi connectivity index (χ4v) is 5.16. The molecule has 7 nitrogen and oxygen atoms in total. The van der Waals surface area contributed by atoms with Gasteiger partial charge in [-0.1, -0.05) is 0 Å². The van der Waals surface area contributed by atoms with Crippen LogP contribution in [-0.4, -0.2) is 67.7 Å². The highest BCUT2D eigenvalue weighted by Crippen LogP contribution is 2.29. The minimum atomic E-state index is 0.223. The van der Waals surface area contributed by atoms with E-state index in [1.54, 1.807) is 6.92 Å². The molecule has 2 aliphatic heterocycles. The first kappa shape index (κ1) is 17.1. The van der Waals surface area contributed by atoms with Crippen molar-refractivity contribution in [2.24, 2.45) is 0 Å². The summed E-state index contributed by atoms with van der Waals surface area (Å²) in [5.74, 6) is 1.68. The highest BCUT2D eigenvalue weighted by atomic mass is 16.2. The third-order valence-electron chi connectivity index (χ3n) is 6.65. The van der Waals surface area contributed by atoms with Gasteiger partial charge in [0.25, 0.3) is 0 Å². The minimum absolute atomic E-state index is 0.223. The number of carbonyl (C=O) groups is 1. The van der Waals surface area contributed by atoms with Crippen LogP contribution >= 0.6 is 0 Å². The van der Waals surface area contributed by atoms with Crippen molar-refractivity contribution in [1.29, 1.82) is 0 Å². The number of piperidine rings is 1. The van der Waals surface area contributed by atoms with Crippen LogP contribution in [0.3, 0.4) is 0 Å². The molecule has 0 spiro atoms. The minimum Gasteiger partial charge on any atom is -0.339 e. The van der Waals surface area contributed by atoms with Crippen LogP contribution in [0.1, 0.15) is 62.0 Å². The molecule has 2 saturated heterocycles. The number of fused-ring (bicyclic) bond motifs is 2. The van der Waals surface area contributed by atoms with Gasteiger partial charge in [-0.05, 0) is 69.7 Å². The molecule has 0 bridgehead atoms. The second-order valence-electron chi connectivity index (χ2n) is 8.38. The predicted octanol–water partition coefficient (Wildman–Crippen LogP) is 1.80. The molecule has 2 aromatic rings. The summed E-state index contributed by atoms with van der Waals surface area (Å²) in [5, 5.41) is 13.8. The second-order valence-corrected chi connectivity index (χ2v) is 8.38. The molecule has 3 aliphatic rings. The SMILES string of the molecule is CC(=O)N1CCCC1CN1CCC(c2nnc3cc4c(nn23)CCC4)CC1. The molecule has 2 fully saturated rings. The van der Waals surface area contributed by atoms with Gasteiger partial charge >= 0.3 is 0 Å². The highest BCUT2D eigenvalue weighted by Gasteiger charge is 2.31. The van der Waals surface area contributed by atoms with Crippen molar-refractivity contribution in [1.82, 2.24) is 29.6 Å². The fourth-order valence-electron chi connectivity index (χ4n) is 5.16. The lowest BCUT2D eigenvalue weighted by atomic mass is 9.95. The first-order chi connectivity index (χ1) is 13.2. The largest absolute Gasteiger partial charge is 0.339 e. The third kappa shape index (κ3) is 3.12. The van der Waals surface area contributed by atoms with E-state index in [0.717, 1.165) is 76.2 Å². The first-order valence-electron chi connectivity index (χ1n) is 10.4. The van der Waals surface area contributed by atoms with E-state index in [1.807, 2.05) is 4.52 Å². The lowest BCUT2D eigenvalue weighted by molar-refractivity contribution is -0.130. The maximum Gasteiger partial charge on any atom is 0.219 e. The summed E-state index contributed by atoms with van der Waals surface area (Å²) >= 11 is 0. The van der Waals surface area contributed by atoms with Crippen LogP contribution in [0.15, 0.2) is 6.07 Å². The average molecular weight is 368 g/mol. The van der Waals surface area contributed by atoms with Gasteiger partial charge < -0.3 is 9.80 Å². The van der Waals surface area contributed by atoms with Gasteiger partial charge in [0.05, 0.1) is 5.69 Å². The predicted molar refractivity (Wildman–Crippen MR) is 102 cm³/mol. The Labute approximate surface area is 159 Å². The van der Waals surface area contributed by atoms with E-state index in [0.29, 0.717) is 12.0 Å². The molecule has 4 heterocycles. The van der Waals surface area contributed by atoms with Gasteiger partial charge in [-0.25, -0.2) is 0 Å². The molecular formula is C20H28N6O. The van der Waals surface area contributed by atoms with Gasteiger partial charge in [-0.3, -0.25) is 4.79 Å². The molecule has 0 saturated carbocycles. The molecule has 27 heavy (non-hydrogen) atoms. The molecular weight excluding hydrogens is 340 g/mol. The van der Waals surface area contributed by atoms with Crippen molar-refractivity contribution in [3.63, 3.8) is 0 Å². The zero-order chi connectivity index (χ0) is 18.4. The number of carbonyl (C=O) groups excluding carboxylic acids is 1. The van der Waals surface area contributed by atoms with Gasteiger partial charge in [0, 0.05) is 32.0 Å². The van der Waals surface area contributed by atoms with Gasteiger partial charge in [0.1, 0.15) is 0 Å². The molecule has 1 amide bonds. The summed E-state index contributed by atoms with van der Waals surface area (Å²) in [7, 11) is 0. The van der Waals surface area contributed by atoms with Crippen molar-refractivity contribution >= 4 is 11.6 Å². The van der Waals surface area contributed by atoms with E-state index < -0.39 is 0 Å². The van der Waals surface area contributed by atoms with E-state index in [-0.39, 0.29) is 5.91 Å². The molecule has 7 heteroatoms. The van der Waals surface area contributed by atoms with Crippen molar-refractivity contribution in [2.45, 2.75) is 63.8 Å². The van der Waals surface area contributed by atoms with Crippen LogP contribution < -0.4 is 0 Å². The summed E-state index contributed by atoms with van der Waals surface area (Å²) in [6.45, 7) is 5.76. The Kier molecular flexibility index (Phi) is 4.34. The van der Waals surface area contributed by atoms with E-state index in [1.165, 1.54) is 17.7 Å². The Balaban J connectivity index is 1.26. The number of amides is 1. The Hall–Kier alpha value is -2.02. The topological polar surface area (TPSA) is 66.6 Å². The van der Waals surface area contributed by atoms with Crippen molar-refractivity contribution in [3.8, 4) is 0 Å². The summed E-state index contributed by atoms with van der Waals surface area (Å²) < 4.78 is 2.00. The number of hydrogen-bond acceptors (Lipinski definition) is 5. The fraction of sp³-hybridized carbons (Fsp3) is 0.700. The maximum absolute atomic E-state index is 11.8. The Bertz CT molecular complexity index is 854. The molecule has 1 aliphatic carbocycles. The third-order valence-corrected chi connectivity index (χ3v) is 6.65. The Morgan fingerprint density at radius 2 is 1.96 bits per heavy atom. The van der Waals surface area contributed by atoms with Crippen molar-refractivity contribution in [3.05, 3.63) is 23.1 Å². The lowest BCUT2D eigenvalue weighted by Crippen LogP contribution is -2.44. The summed E-state index contributed by atoms with van der Waals surface area (Å²) in [5.41, 5.74) is 3.48. The monoisotopic (exact) mass is 368 g/mol. The van der Waals surface area contributed by atoms with E-state index in [9.17, 15) is 4.79 Å². The molecule has 144 valence electrons. The van der Waals surface area contributed by atoms with Crippen LogP contribution in [0.2, 0.25) is 0 Å². The van der Waals surface area contributed by atoms with E-state index >= 15 is 0 Å². The van der Waals surface area contributed by atoms with Crippen LogP contribution in [-0.2, 0) is 17.6 Å². The Morgan fingerprint density at radius 1 is 1.11 bits per heavy atom. The van der Waals surface area contributed by atoms with Crippen molar-refractivity contribution < 1.29 is 4.79 Å². The van der Waals surface area contributed by atoms with Crippen LogP contribution in [0.4, 0.5) is 0 Å². The van der Waals surface area contributed by atoms with Gasteiger partial charge in [0.2, 0.25) is 5.91 Å². The maximum atomic E-state index is 11.8. The van der Waals surface area contributed by atoms with E-state index in [2.05, 4.69) is 26.1 Å². The molecule has 0 N–H and O–H groups in total.